The van der Waals surface area contributed by atoms with Crippen LogP contribution < -0.4 is 19.9 Å². The molecule has 7 nitrogen and oxygen atoms in total. The number of ether oxygens (including phenoxy) is 1. The smallest absolute Gasteiger partial charge is 0.255 e. The topological polar surface area (TPSA) is 77.9 Å². The number of para-hydroxylation sites is 2. The van der Waals surface area contributed by atoms with Crippen LogP contribution in [0.1, 0.15) is 17.3 Å². The predicted octanol–water partition coefficient (Wildman–Crippen LogP) is 3.33. The van der Waals surface area contributed by atoms with E-state index in [1.165, 1.54) is 6.07 Å². The van der Waals surface area contributed by atoms with Crippen LogP contribution in [0.4, 0.5) is 15.9 Å². The summed E-state index contributed by atoms with van der Waals surface area (Å²) < 4.78 is 19.8. The van der Waals surface area contributed by atoms with Crippen LogP contribution in [0.5, 0.6) is 5.75 Å². The summed E-state index contributed by atoms with van der Waals surface area (Å²) in [5, 5.41) is 12.3. The van der Waals surface area contributed by atoms with Gasteiger partial charge in [0.1, 0.15) is 17.4 Å². The van der Waals surface area contributed by atoms with Crippen molar-refractivity contribution in [1.29, 1.82) is 0 Å². The van der Waals surface area contributed by atoms with E-state index in [0.29, 0.717) is 54.7 Å². The van der Waals surface area contributed by atoms with E-state index in [4.69, 9.17) is 9.72 Å². The molecular weight excluding hydrogens is 435 g/mol. The maximum Gasteiger partial charge on any atom is 0.255 e. The van der Waals surface area contributed by atoms with Crippen molar-refractivity contribution in [3.05, 3.63) is 72.0 Å². The fraction of sp³-hybridized carbons (Fsp3) is 0.308. The van der Waals surface area contributed by atoms with Crippen LogP contribution in [0, 0.1) is 5.82 Å². The van der Waals surface area contributed by atoms with E-state index in [1.807, 2.05) is 40.1 Å². The molecule has 0 radical (unpaired) electrons. The van der Waals surface area contributed by atoms with Crippen molar-refractivity contribution in [3.63, 3.8) is 0 Å². The van der Waals surface area contributed by atoms with Crippen LogP contribution in [0.3, 0.4) is 0 Å². The first-order valence-corrected chi connectivity index (χ1v) is 11.3. The predicted molar refractivity (Wildman–Crippen MR) is 131 cm³/mol. The molecule has 0 bridgehead atoms. The molecule has 8 heteroatoms. The van der Waals surface area contributed by atoms with E-state index in [9.17, 15) is 14.3 Å². The van der Waals surface area contributed by atoms with Crippen LogP contribution in [0.25, 0.3) is 11.3 Å². The van der Waals surface area contributed by atoms with Gasteiger partial charge in [-0.2, -0.15) is 0 Å². The van der Waals surface area contributed by atoms with Gasteiger partial charge in [-0.1, -0.05) is 24.3 Å². The Morgan fingerprint density at radius 2 is 1.74 bits per heavy atom. The Balaban J connectivity index is 1.64. The molecule has 1 aliphatic rings. The molecule has 4 rings (SSSR count). The van der Waals surface area contributed by atoms with Crippen LogP contribution >= 0.6 is 0 Å². The number of aliphatic hydroxyl groups excluding tert-OH is 1. The van der Waals surface area contributed by atoms with Gasteiger partial charge < -0.3 is 25.0 Å². The monoisotopic (exact) mass is 464 g/mol. The molecule has 1 unspecified atom stereocenters. The fourth-order valence-corrected chi connectivity index (χ4v) is 4.08. The normalized spacial score (nSPS) is 14.6. The quantitative estimate of drug-likeness (QED) is 0.559. The molecule has 0 spiro atoms. The number of nitrogens with zero attached hydrogens (tertiary/aromatic N) is 3. The van der Waals surface area contributed by atoms with Crippen molar-refractivity contribution in [3.8, 4) is 17.0 Å². The Labute approximate surface area is 198 Å². The molecule has 34 heavy (non-hydrogen) atoms. The van der Waals surface area contributed by atoms with Gasteiger partial charge in [0, 0.05) is 38.3 Å². The minimum Gasteiger partial charge on any atom is -0.496 e. The molecule has 2 heterocycles. The largest absolute Gasteiger partial charge is 0.496 e. The first-order valence-electron chi connectivity index (χ1n) is 11.3. The Kier molecular flexibility index (Phi) is 7.27. The Hall–Kier alpha value is -3.65. The molecule has 0 aliphatic carbocycles. The van der Waals surface area contributed by atoms with E-state index in [2.05, 4.69) is 5.32 Å². The highest BCUT2D eigenvalue weighted by Crippen LogP contribution is 2.32. The Bertz CT molecular complexity index is 1150. The van der Waals surface area contributed by atoms with Crippen LogP contribution in [0.15, 0.2) is 60.7 Å². The van der Waals surface area contributed by atoms with Crippen molar-refractivity contribution in [2.45, 2.75) is 13.0 Å². The SMILES string of the molecule is COc1ccccc1-c1ccc(C(=O)NCC(C)O)c(N2CCN(c3ccccc3F)CC2)n1. The van der Waals surface area contributed by atoms with Gasteiger partial charge in [0.25, 0.3) is 5.91 Å². The number of nitrogens with one attached hydrogen (secondary N) is 1. The van der Waals surface area contributed by atoms with Crippen molar-refractivity contribution < 1.29 is 19.0 Å². The van der Waals surface area contributed by atoms with Crippen molar-refractivity contribution in [1.82, 2.24) is 10.3 Å². The maximum atomic E-state index is 14.3. The zero-order valence-electron chi connectivity index (χ0n) is 19.4. The molecule has 1 aliphatic heterocycles. The first kappa shape index (κ1) is 23.5. The second-order valence-electron chi connectivity index (χ2n) is 8.25. The number of halogens is 1. The minimum atomic E-state index is -0.655. The van der Waals surface area contributed by atoms with Gasteiger partial charge in [-0.05, 0) is 43.3 Å². The molecule has 1 atom stereocenters. The number of carbonyl (C=O) groups excluding carboxylic acids is 1. The molecule has 0 saturated carbocycles. The molecular formula is C26H29FN4O3. The highest BCUT2D eigenvalue weighted by Gasteiger charge is 2.25. The summed E-state index contributed by atoms with van der Waals surface area (Å²) in [6.45, 7) is 4.10. The molecule has 2 aromatic carbocycles. The number of hydrogen-bond donors (Lipinski definition) is 2. The highest BCUT2D eigenvalue weighted by atomic mass is 19.1. The number of carbonyl (C=O) groups is 1. The van der Waals surface area contributed by atoms with Crippen molar-refractivity contribution in [2.75, 3.05) is 49.6 Å². The summed E-state index contributed by atoms with van der Waals surface area (Å²) in [7, 11) is 1.61. The van der Waals surface area contributed by atoms with Gasteiger partial charge in [-0.3, -0.25) is 4.79 Å². The number of rotatable bonds is 7. The van der Waals surface area contributed by atoms with Crippen molar-refractivity contribution in [2.24, 2.45) is 0 Å². The van der Waals surface area contributed by atoms with E-state index in [-0.39, 0.29) is 18.3 Å². The third-order valence-electron chi connectivity index (χ3n) is 5.83. The number of aromatic nitrogens is 1. The van der Waals surface area contributed by atoms with Crippen LogP contribution in [-0.2, 0) is 0 Å². The number of piperazine rings is 1. The van der Waals surface area contributed by atoms with Crippen molar-refractivity contribution >= 4 is 17.4 Å². The lowest BCUT2D eigenvalue weighted by Gasteiger charge is -2.37. The standard InChI is InChI=1S/C26H29FN4O3/c1-18(32)17-28-26(33)20-11-12-22(19-7-3-6-10-24(19)34-2)29-25(20)31-15-13-30(14-16-31)23-9-5-4-8-21(23)27/h3-12,18,32H,13-17H2,1-2H3,(H,28,33). The summed E-state index contributed by atoms with van der Waals surface area (Å²) in [6.07, 6.45) is -0.655. The van der Waals surface area contributed by atoms with E-state index < -0.39 is 6.10 Å². The molecule has 178 valence electrons. The Morgan fingerprint density at radius 1 is 1.06 bits per heavy atom. The van der Waals surface area contributed by atoms with E-state index >= 15 is 0 Å². The van der Waals surface area contributed by atoms with Gasteiger partial charge in [-0.15, -0.1) is 0 Å². The maximum absolute atomic E-state index is 14.3. The summed E-state index contributed by atoms with van der Waals surface area (Å²) in [4.78, 5) is 21.9. The molecule has 1 amide bonds. The van der Waals surface area contributed by atoms with Gasteiger partial charge >= 0.3 is 0 Å². The third-order valence-corrected chi connectivity index (χ3v) is 5.83. The number of aliphatic hydroxyl groups is 1. The summed E-state index contributed by atoms with van der Waals surface area (Å²) in [6, 6.07) is 17.9. The average molecular weight is 465 g/mol. The molecule has 3 aromatic rings. The molecule has 1 saturated heterocycles. The van der Waals surface area contributed by atoms with E-state index in [0.717, 1.165) is 5.56 Å². The third kappa shape index (κ3) is 5.12. The lowest BCUT2D eigenvalue weighted by molar-refractivity contribution is 0.0924. The van der Waals surface area contributed by atoms with Gasteiger partial charge in [0.05, 0.1) is 30.2 Å². The summed E-state index contributed by atoms with van der Waals surface area (Å²) in [5.74, 6) is 0.702. The van der Waals surface area contributed by atoms with Crippen LogP contribution in [0.2, 0.25) is 0 Å². The Morgan fingerprint density at radius 3 is 2.44 bits per heavy atom. The zero-order valence-corrected chi connectivity index (χ0v) is 19.4. The van der Waals surface area contributed by atoms with Gasteiger partial charge in [0.15, 0.2) is 0 Å². The molecule has 1 aromatic heterocycles. The molecule has 2 N–H and O–H groups in total. The summed E-state index contributed by atoms with van der Waals surface area (Å²) >= 11 is 0. The number of pyridine rings is 1. The fourth-order valence-electron chi connectivity index (χ4n) is 4.08. The number of anilines is 2. The number of methoxy groups -OCH3 is 1. The van der Waals surface area contributed by atoms with Crippen LogP contribution in [-0.4, -0.2) is 61.9 Å². The molecule has 1 fully saturated rings. The summed E-state index contributed by atoms with van der Waals surface area (Å²) in [5.41, 5.74) is 2.52. The average Bonchev–Trinajstić information content (AvgIpc) is 2.87. The van der Waals surface area contributed by atoms with E-state index in [1.54, 1.807) is 38.3 Å². The zero-order chi connectivity index (χ0) is 24.1. The second-order valence-corrected chi connectivity index (χ2v) is 8.25. The lowest BCUT2D eigenvalue weighted by atomic mass is 10.1. The first-order chi connectivity index (χ1) is 16.5. The minimum absolute atomic E-state index is 0.146. The number of amides is 1. The number of hydrogen-bond acceptors (Lipinski definition) is 6. The highest BCUT2D eigenvalue weighted by molar-refractivity contribution is 5.99. The second kappa shape index (κ2) is 10.5. The van der Waals surface area contributed by atoms with Gasteiger partial charge in [0.2, 0.25) is 0 Å². The lowest BCUT2D eigenvalue weighted by Crippen LogP contribution is -2.47. The number of benzene rings is 2. The van der Waals surface area contributed by atoms with Gasteiger partial charge in [-0.25, -0.2) is 9.37 Å².